The highest BCUT2D eigenvalue weighted by Gasteiger charge is 2.31. The molecule has 2 atom stereocenters. The lowest BCUT2D eigenvalue weighted by Gasteiger charge is -2.30. The summed E-state index contributed by atoms with van der Waals surface area (Å²) in [6.07, 6.45) is 1.54. The molecule has 21 heavy (non-hydrogen) atoms. The Bertz CT molecular complexity index is 436. The monoisotopic (exact) mass is 322 g/mol. The van der Waals surface area contributed by atoms with Gasteiger partial charge in [-0.25, -0.2) is 4.98 Å². The third kappa shape index (κ3) is 5.92. The minimum atomic E-state index is -4.24. The van der Waals surface area contributed by atoms with E-state index in [1.165, 1.54) is 4.88 Å². The summed E-state index contributed by atoms with van der Waals surface area (Å²) in [6.45, 7) is 1.66. The van der Waals surface area contributed by atoms with Crippen molar-refractivity contribution in [2.75, 3.05) is 6.61 Å². The Kier molecular flexibility index (Phi) is 6.01. The average molecular weight is 322 g/mol. The summed E-state index contributed by atoms with van der Waals surface area (Å²) in [5, 5.41) is 4.52. The number of aryl methyl sites for hydroxylation is 1. The van der Waals surface area contributed by atoms with Crippen molar-refractivity contribution in [2.24, 2.45) is 0 Å². The Labute approximate surface area is 126 Å². The SMILES string of the molecule is CCc1ncc(CNC2CCCC(OCC(F)(F)F)C2)s1. The Morgan fingerprint density at radius 2 is 2.24 bits per heavy atom. The summed E-state index contributed by atoms with van der Waals surface area (Å²) < 4.78 is 41.5. The number of aromatic nitrogens is 1. The quantitative estimate of drug-likeness (QED) is 0.867. The van der Waals surface area contributed by atoms with Crippen molar-refractivity contribution in [3.8, 4) is 0 Å². The zero-order chi connectivity index (χ0) is 15.3. The third-order valence-corrected chi connectivity index (χ3v) is 4.72. The van der Waals surface area contributed by atoms with E-state index in [4.69, 9.17) is 4.74 Å². The summed E-state index contributed by atoms with van der Waals surface area (Å²) in [5.41, 5.74) is 0. The second-order valence-corrected chi connectivity index (χ2v) is 6.57. The molecule has 2 rings (SSSR count). The van der Waals surface area contributed by atoms with Crippen molar-refractivity contribution in [1.29, 1.82) is 0 Å². The van der Waals surface area contributed by atoms with Gasteiger partial charge in [0.2, 0.25) is 0 Å². The molecule has 2 unspecified atom stereocenters. The number of thiazole rings is 1. The third-order valence-electron chi connectivity index (χ3n) is 3.58. The van der Waals surface area contributed by atoms with Crippen LogP contribution in [0.15, 0.2) is 6.20 Å². The lowest BCUT2D eigenvalue weighted by Crippen LogP contribution is -2.37. The Hall–Kier alpha value is -0.660. The van der Waals surface area contributed by atoms with Crippen LogP contribution in [0.5, 0.6) is 0 Å². The minimum Gasteiger partial charge on any atom is -0.369 e. The molecule has 1 aromatic rings. The van der Waals surface area contributed by atoms with E-state index < -0.39 is 12.8 Å². The first-order valence-corrected chi connectivity index (χ1v) is 8.13. The molecule has 1 fully saturated rings. The van der Waals surface area contributed by atoms with E-state index in [1.54, 1.807) is 11.3 Å². The van der Waals surface area contributed by atoms with E-state index >= 15 is 0 Å². The van der Waals surface area contributed by atoms with Crippen LogP contribution in [0.1, 0.15) is 42.5 Å². The number of nitrogens with one attached hydrogen (secondary N) is 1. The van der Waals surface area contributed by atoms with Crippen LogP contribution in [0.25, 0.3) is 0 Å². The number of hydrogen-bond donors (Lipinski definition) is 1. The molecule has 0 aromatic carbocycles. The van der Waals surface area contributed by atoms with Gasteiger partial charge in [-0.05, 0) is 32.1 Å². The number of nitrogens with zero attached hydrogens (tertiary/aromatic N) is 1. The second kappa shape index (κ2) is 7.56. The molecular formula is C14H21F3N2OS. The van der Waals surface area contributed by atoms with Gasteiger partial charge in [0.15, 0.2) is 0 Å². The standard InChI is InChI=1S/C14H21F3N2OS/c1-2-13-19-8-12(21-13)7-18-10-4-3-5-11(6-10)20-9-14(15,16)17/h8,10-11,18H,2-7,9H2,1H3. The van der Waals surface area contributed by atoms with Crippen molar-refractivity contribution in [2.45, 2.75) is 63.9 Å². The summed E-state index contributed by atoms with van der Waals surface area (Å²) in [5.74, 6) is 0. The molecule has 3 nitrogen and oxygen atoms in total. The van der Waals surface area contributed by atoms with Crippen molar-refractivity contribution >= 4 is 11.3 Å². The highest BCUT2D eigenvalue weighted by Crippen LogP contribution is 2.24. The smallest absolute Gasteiger partial charge is 0.369 e. The first kappa shape index (κ1) is 16.7. The topological polar surface area (TPSA) is 34.2 Å². The first-order valence-electron chi connectivity index (χ1n) is 7.31. The maximum Gasteiger partial charge on any atom is 0.411 e. The fraction of sp³-hybridized carbons (Fsp3) is 0.786. The minimum absolute atomic E-state index is 0.226. The van der Waals surface area contributed by atoms with Gasteiger partial charge in [-0.3, -0.25) is 0 Å². The van der Waals surface area contributed by atoms with E-state index in [0.717, 1.165) is 37.2 Å². The number of halogens is 3. The van der Waals surface area contributed by atoms with Crippen molar-refractivity contribution in [3.05, 3.63) is 16.1 Å². The van der Waals surface area contributed by atoms with Crippen molar-refractivity contribution in [1.82, 2.24) is 10.3 Å². The normalized spacial score (nSPS) is 23.4. The van der Waals surface area contributed by atoms with Gasteiger partial charge in [-0.1, -0.05) is 6.92 Å². The maximum atomic E-state index is 12.2. The maximum absolute atomic E-state index is 12.2. The molecule has 120 valence electrons. The molecule has 0 bridgehead atoms. The Morgan fingerprint density at radius 3 is 2.90 bits per heavy atom. The molecule has 1 aromatic heterocycles. The fourth-order valence-corrected chi connectivity index (χ4v) is 3.35. The number of alkyl halides is 3. The predicted molar refractivity (Wildman–Crippen MR) is 76.4 cm³/mol. The zero-order valence-electron chi connectivity index (χ0n) is 12.1. The lowest BCUT2D eigenvalue weighted by molar-refractivity contribution is -0.188. The summed E-state index contributed by atoms with van der Waals surface area (Å²) in [7, 11) is 0. The van der Waals surface area contributed by atoms with Gasteiger partial charge in [0.05, 0.1) is 11.1 Å². The van der Waals surface area contributed by atoms with Gasteiger partial charge in [-0.15, -0.1) is 11.3 Å². The average Bonchev–Trinajstić information content (AvgIpc) is 2.91. The number of rotatable bonds is 6. The van der Waals surface area contributed by atoms with Crippen molar-refractivity contribution in [3.63, 3.8) is 0 Å². The fourth-order valence-electron chi connectivity index (χ4n) is 2.53. The van der Waals surface area contributed by atoms with E-state index in [1.807, 2.05) is 6.20 Å². The summed E-state index contributed by atoms with van der Waals surface area (Å²) >= 11 is 1.68. The second-order valence-electron chi connectivity index (χ2n) is 5.37. The molecule has 0 amide bonds. The molecular weight excluding hydrogens is 301 g/mol. The number of hydrogen-bond acceptors (Lipinski definition) is 4. The van der Waals surface area contributed by atoms with E-state index in [-0.39, 0.29) is 12.1 Å². The van der Waals surface area contributed by atoms with E-state index in [2.05, 4.69) is 17.2 Å². The predicted octanol–water partition coefficient (Wildman–Crippen LogP) is 3.69. The zero-order valence-corrected chi connectivity index (χ0v) is 12.9. The van der Waals surface area contributed by atoms with Crippen LogP contribution in [0, 0.1) is 0 Å². The molecule has 7 heteroatoms. The summed E-state index contributed by atoms with van der Waals surface area (Å²) in [6, 6.07) is 0.226. The van der Waals surface area contributed by atoms with Gasteiger partial charge >= 0.3 is 6.18 Å². The lowest BCUT2D eigenvalue weighted by atomic mass is 9.93. The van der Waals surface area contributed by atoms with Crippen LogP contribution in [0.3, 0.4) is 0 Å². The van der Waals surface area contributed by atoms with Crippen LogP contribution in [-0.4, -0.2) is 29.9 Å². The van der Waals surface area contributed by atoms with E-state index in [0.29, 0.717) is 6.42 Å². The molecule has 0 radical (unpaired) electrons. The van der Waals surface area contributed by atoms with Crippen molar-refractivity contribution < 1.29 is 17.9 Å². The molecule has 1 aliphatic carbocycles. The number of ether oxygens (including phenoxy) is 1. The molecule has 0 saturated heterocycles. The molecule has 1 aliphatic rings. The Morgan fingerprint density at radius 1 is 1.43 bits per heavy atom. The van der Waals surface area contributed by atoms with Gasteiger partial charge in [0.25, 0.3) is 0 Å². The van der Waals surface area contributed by atoms with Crippen LogP contribution in [-0.2, 0) is 17.7 Å². The first-order chi connectivity index (χ1) is 9.96. The van der Waals surface area contributed by atoms with Gasteiger partial charge < -0.3 is 10.1 Å². The van der Waals surface area contributed by atoms with Crippen LogP contribution >= 0.6 is 11.3 Å². The highest BCUT2D eigenvalue weighted by atomic mass is 32.1. The molecule has 0 spiro atoms. The molecule has 1 heterocycles. The van der Waals surface area contributed by atoms with E-state index in [9.17, 15) is 13.2 Å². The van der Waals surface area contributed by atoms with Gasteiger partial charge in [-0.2, -0.15) is 13.2 Å². The molecule has 0 aliphatic heterocycles. The Balaban J connectivity index is 1.73. The van der Waals surface area contributed by atoms with Gasteiger partial charge in [0, 0.05) is 23.7 Å². The molecule has 1 saturated carbocycles. The largest absolute Gasteiger partial charge is 0.411 e. The highest BCUT2D eigenvalue weighted by molar-refractivity contribution is 7.11. The van der Waals surface area contributed by atoms with Gasteiger partial charge in [0.1, 0.15) is 6.61 Å². The molecule has 1 N–H and O–H groups in total. The van der Waals surface area contributed by atoms with Crippen LogP contribution < -0.4 is 5.32 Å². The summed E-state index contributed by atoms with van der Waals surface area (Å²) in [4.78, 5) is 5.47. The van der Waals surface area contributed by atoms with Crippen LogP contribution in [0.4, 0.5) is 13.2 Å². The van der Waals surface area contributed by atoms with Crippen LogP contribution in [0.2, 0.25) is 0 Å².